The Morgan fingerprint density at radius 3 is 1.75 bits per heavy atom. The van der Waals surface area contributed by atoms with Crippen molar-refractivity contribution >= 4 is 35.3 Å². The van der Waals surface area contributed by atoms with Crippen molar-refractivity contribution in [2.45, 2.75) is 6.42 Å². The summed E-state index contributed by atoms with van der Waals surface area (Å²) in [4.78, 5) is 40.8. The summed E-state index contributed by atoms with van der Waals surface area (Å²) in [6, 6.07) is 22.1. The Balaban J connectivity index is 1.19. The summed E-state index contributed by atoms with van der Waals surface area (Å²) >= 11 is 0. The van der Waals surface area contributed by atoms with E-state index in [4.69, 9.17) is 24.5 Å². The molecular weight excluding hydrogens is 713 g/mol. The number of rotatable bonds is 27. The number of aromatic nitrogens is 3. The first-order valence-electron chi connectivity index (χ1n) is 17.8. The van der Waals surface area contributed by atoms with Gasteiger partial charge in [-0.2, -0.15) is 15.0 Å². The molecule has 0 unspecified atom stereocenters. The van der Waals surface area contributed by atoms with Crippen LogP contribution in [-0.2, 0) is 25.4 Å². The number of benzene rings is 3. The lowest BCUT2D eigenvalue weighted by Gasteiger charge is -2.12. The second-order valence-electron chi connectivity index (χ2n) is 11.5. The first kappa shape index (κ1) is 41.8. The fourth-order valence-corrected chi connectivity index (χ4v) is 4.69. The fraction of sp³-hybridized carbons (Fsp3) is 0.378. The molecule has 2 amide bonds. The maximum absolute atomic E-state index is 13.3. The minimum Gasteiger partial charge on any atom is -0.379 e. The normalized spacial score (nSPS) is 10.6. The van der Waals surface area contributed by atoms with Gasteiger partial charge in [0.1, 0.15) is 5.82 Å². The van der Waals surface area contributed by atoms with Crippen LogP contribution in [0.2, 0.25) is 0 Å². The van der Waals surface area contributed by atoms with Gasteiger partial charge in [0.25, 0.3) is 11.8 Å². The number of anilines is 4. The molecule has 0 saturated heterocycles. The molecule has 0 aliphatic heterocycles. The molecule has 0 radical (unpaired) electrons. The van der Waals surface area contributed by atoms with E-state index in [0.717, 1.165) is 5.56 Å². The number of hydrogen-bond acceptors (Lipinski definition) is 13. The molecule has 0 bridgehead atoms. The van der Waals surface area contributed by atoms with Crippen LogP contribution in [0.15, 0.2) is 84.0 Å². The lowest BCUT2D eigenvalue weighted by molar-refractivity contribution is 0.0511. The quantitative estimate of drug-likeness (QED) is 0.0248. The molecule has 5 N–H and O–H groups in total. The Morgan fingerprint density at radius 2 is 1.15 bits per heavy atom. The number of hydrogen-bond donors (Lipinski definition) is 5. The number of ether oxygens (including phenoxy) is 4. The van der Waals surface area contributed by atoms with Crippen molar-refractivity contribution in [1.29, 1.82) is 0 Å². The molecule has 0 aliphatic carbocycles. The molecule has 1 aromatic heterocycles. The minimum absolute atomic E-state index is 0.146. The van der Waals surface area contributed by atoms with E-state index in [0.29, 0.717) is 114 Å². The van der Waals surface area contributed by atoms with Gasteiger partial charge in [0.2, 0.25) is 17.8 Å². The molecule has 1 heterocycles. The molecule has 292 valence electrons. The van der Waals surface area contributed by atoms with E-state index in [2.05, 4.69) is 51.6 Å². The second-order valence-corrected chi connectivity index (χ2v) is 11.5. The molecule has 0 atom stereocenters. The molecule has 0 spiro atoms. The summed E-state index contributed by atoms with van der Waals surface area (Å²) in [7, 11) is 0. The van der Waals surface area contributed by atoms with Crippen LogP contribution >= 0.6 is 0 Å². The Labute approximate surface area is 318 Å². The maximum atomic E-state index is 13.3. The van der Waals surface area contributed by atoms with Gasteiger partial charge in [-0.15, -0.1) is 0 Å². The van der Waals surface area contributed by atoms with E-state index in [9.17, 15) is 14.0 Å². The van der Waals surface area contributed by atoms with E-state index < -0.39 is 0 Å². The molecule has 17 nitrogen and oxygen atoms in total. The SMILES string of the molecule is [N-]=[N+]=NCCOCCOCCNC(=O)c1ccc(Nc2nc(NCCOCCOCCNC(=O)c3ccccc3)nc(NCCc3ccc(F)cc3)n2)cc1. The maximum Gasteiger partial charge on any atom is 0.251 e. The molecule has 4 rings (SSSR count). The van der Waals surface area contributed by atoms with Crippen molar-refractivity contribution in [3.63, 3.8) is 0 Å². The Bertz CT molecular complexity index is 1770. The van der Waals surface area contributed by atoms with E-state index in [1.807, 2.05) is 18.2 Å². The van der Waals surface area contributed by atoms with Gasteiger partial charge in [0, 0.05) is 54.4 Å². The van der Waals surface area contributed by atoms with Gasteiger partial charge in [-0.1, -0.05) is 35.4 Å². The smallest absolute Gasteiger partial charge is 0.251 e. The van der Waals surface area contributed by atoms with Crippen LogP contribution < -0.4 is 26.6 Å². The summed E-state index contributed by atoms with van der Waals surface area (Å²) in [6.45, 7) is 4.72. The van der Waals surface area contributed by atoms with Crippen molar-refractivity contribution in [2.24, 2.45) is 5.11 Å². The molecule has 18 heteroatoms. The zero-order valence-corrected chi connectivity index (χ0v) is 30.4. The van der Waals surface area contributed by atoms with Gasteiger partial charge >= 0.3 is 0 Å². The highest BCUT2D eigenvalue weighted by atomic mass is 19.1. The largest absolute Gasteiger partial charge is 0.379 e. The summed E-state index contributed by atoms with van der Waals surface area (Å²) in [5.74, 6) is 0.224. The van der Waals surface area contributed by atoms with Gasteiger partial charge < -0.3 is 45.5 Å². The first-order chi connectivity index (χ1) is 27.0. The van der Waals surface area contributed by atoms with Crippen molar-refractivity contribution < 1.29 is 32.9 Å². The van der Waals surface area contributed by atoms with Crippen LogP contribution in [0.4, 0.5) is 27.9 Å². The van der Waals surface area contributed by atoms with Gasteiger partial charge in [-0.25, -0.2) is 4.39 Å². The van der Waals surface area contributed by atoms with Crippen LogP contribution in [0.25, 0.3) is 10.4 Å². The van der Waals surface area contributed by atoms with Gasteiger partial charge in [0.05, 0.1) is 52.9 Å². The van der Waals surface area contributed by atoms with Crippen molar-refractivity contribution in [1.82, 2.24) is 25.6 Å². The van der Waals surface area contributed by atoms with E-state index in [1.165, 1.54) is 12.1 Å². The first-order valence-corrected chi connectivity index (χ1v) is 17.8. The third-order valence-corrected chi connectivity index (χ3v) is 7.42. The van der Waals surface area contributed by atoms with Gasteiger partial charge in [-0.05, 0) is 66.0 Å². The lowest BCUT2D eigenvalue weighted by atomic mass is 10.1. The van der Waals surface area contributed by atoms with Gasteiger partial charge in [-0.3, -0.25) is 9.59 Å². The van der Waals surface area contributed by atoms with E-state index in [1.54, 1.807) is 48.5 Å². The predicted octanol–water partition coefficient (Wildman–Crippen LogP) is 4.36. The van der Waals surface area contributed by atoms with Crippen LogP contribution in [0.5, 0.6) is 0 Å². The predicted molar refractivity (Wildman–Crippen MR) is 205 cm³/mol. The summed E-state index contributed by atoms with van der Waals surface area (Å²) in [5.41, 5.74) is 10.9. The molecule has 3 aromatic carbocycles. The van der Waals surface area contributed by atoms with E-state index in [-0.39, 0.29) is 30.1 Å². The summed E-state index contributed by atoms with van der Waals surface area (Å²) in [5, 5.41) is 18.5. The average molecular weight is 760 g/mol. The standard InChI is InChI=1S/C37H46FN11O6/c38-31-10-6-28(7-11-31)14-15-42-35-46-36(43-18-22-54-25-24-52-20-16-40-33(50)29-4-2-1-3-5-29)48-37(47-35)45-32-12-8-30(9-13-32)34(51)41-17-21-53-26-27-55-23-19-44-49-39/h1-13H,14-27H2,(H,40,50)(H,41,51)(H3,42,43,45,46,47,48). The van der Waals surface area contributed by atoms with Crippen molar-refractivity contribution in [2.75, 3.05) is 102 Å². The third kappa shape index (κ3) is 17.2. The summed E-state index contributed by atoms with van der Waals surface area (Å²) in [6.07, 6.45) is 0.622. The fourth-order valence-electron chi connectivity index (χ4n) is 4.69. The van der Waals surface area contributed by atoms with Crippen molar-refractivity contribution in [3.05, 3.63) is 112 Å². The number of azide groups is 1. The zero-order chi connectivity index (χ0) is 38.8. The van der Waals surface area contributed by atoms with Gasteiger partial charge in [0.15, 0.2) is 0 Å². The monoisotopic (exact) mass is 759 g/mol. The molecule has 0 saturated carbocycles. The topological polar surface area (TPSA) is 219 Å². The number of carbonyl (C=O) groups is 2. The zero-order valence-electron chi connectivity index (χ0n) is 30.4. The highest BCUT2D eigenvalue weighted by molar-refractivity contribution is 5.94. The molecule has 0 fully saturated rings. The molecular formula is C37H46FN11O6. The highest BCUT2D eigenvalue weighted by Crippen LogP contribution is 2.17. The van der Waals surface area contributed by atoms with E-state index >= 15 is 0 Å². The molecule has 0 aliphatic rings. The average Bonchev–Trinajstić information content (AvgIpc) is 3.20. The van der Waals surface area contributed by atoms with Crippen molar-refractivity contribution in [3.8, 4) is 0 Å². The number of halogens is 1. The number of nitrogens with one attached hydrogen (secondary N) is 5. The third-order valence-electron chi connectivity index (χ3n) is 7.42. The number of amides is 2. The highest BCUT2D eigenvalue weighted by Gasteiger charge is 2.10. The summed E-state index contributed by atoms with van der Waals surface area (Å²) < 4.78 is 35.2. The number of carbonyl (C=O) groups excluding carboxylic acids is 2. The Kier molecular flexibility index (Phi) is 19.1. The van der Waals surface area contributed by atoms with Crippen LogP contribution in [-0.4, -0.2) is 112 Å². The van der Waals surface area contributed by atoms with Crippen LogP contribution in [0.3, 0.4) is 0 Å². The van der Waals surface area contributed by atoms with Crippen LogP contribution in [0.1, 0.15) is 26.3 Å². The molecule has 55 heavy (non-hydrogen) atoms. The second kappa shape index (κ2) is 25.2. The lowest BCUT2D eigenvalue weighted by Crippen LogP contribution is -2.27. The number of nitrogens with zero attached hydrogens (tertiary/aromatic N) is 6. The Hall–Kier alpha value is -5.91. The van der Waals surface area contributed by atoms with Crippen LogP contribution in [0, 0.1) is 5.82 Å². The minimum atomic E-state index is -0.292. The molecule has 4 aromatic rings. The Morgan fingerprint density at radius 1 is 0.618 bits per heavy atom.